The zero-order valence-electron chi connectivity index (χ0n) is 15.5. The molecule has 1 fully saturated rings. The number of aliphatic hydroxyl groups is 1. The zero-order chi connectivity index (χ0) is 19.8. The molecule has 27 heavy (non-hydrogen) atoms. The van der Waals surface area contributed by atoms with Crippen molar-refractivity contribution in [2.45, 2.75) is 32.3 Å². The van der Waals surface area contributed by atoms with E-state index in [0.29, 0.717) is 17.1 Å². The first-order valence-corrected chi connectivity index (χ1v) is 9.80. The van der Waals surface area contributed by atoms with Gasteiger partial charge in [-0.3, -0.25) is 0 Å². The molecule has 2 aromatic carbocycles. The Balaban J connectivity index is 2.22. The van der Waals surface area contributed by atoms with E-state index in [9.17, 15) is 9.50 Å². The first-order valence-electron chi connectivity index (χ1n) is 9.04. The van der Waals surface area contributed by atoms with Gasteiger partial charge in [0.15, 0.2) is 0 Å². The number of rotatable bonds is 3. The van der Waals surface area contributed by atoms with E-state index in [-0.39, 0.29) is 16.4 Å². The molecular weight excluding hydrogens is 384 g/mol. The van der Waals surface area contributed by atoms with Crippen LogP contribution in [0.25, 0.3) is 6.08 Å². The molecule has 0 aromatic heterocycles. The highest BCUT2D eigenvalue weighted by Gasteiger charge is 2.50. The lowest BCUT2D eigenvalue weighted by molar-refractivity contribution is -0.0299. The van der Waals surface area contributed by atoms with E-state index < -0.39 is 11.4 Å². The van der Waals surface area contributed by atoms with Gasteiger partial charge in [-0.25, -0.2) is 4.39 Å². The number of hydrogen-bond donors (Lipinski definition) is 2. The van der Waals surface area contributed by atoms with Crippen LogP contribution in [0, 0.1) is 17.2 Å². The second-order valence-corrected chi connectivity index (χ2v) is 8.70. The van der Waals surface area contributed by atoms with Crippen LogP contribution < -0.4 is 5.73 Å². The molecule has 0 amide bonds. The maximum atomic E-state index is 13.7. The molecule has 1 aliphatic rings. The van der Waals surface area contributed by atoms with Crippen molar-refractivity contribution in [3.8, 4) is 0 Å². The maximum Gasteiger partial charge on any atom is 0.141 e. The van der Waals surface area contributed by atoms with Crippen LogP contribution in [0.4, 0.5) is 4.39 Å². The SMILES string of the molecule is CC1(C)CCC(CN)C(O)(c2ccc(F)c(Cl)c2)C1=Cc1ccc(Cl)cc1. The summed E-state index contributed by atoms with van der Waals surface area (Å²) in [5, 5.41) is 12.6. The van der Waals surface area contributed by atoms with E-state index in [4.69, 9.17) is 28.9 Å². The van der Waals surface area contributed by atoms with Crippen LogP contribution in [-0.4, -0.2) is 11.7 Å². The molecule has 0 heterocycles. The molecule has 0 bridgehead atoms. The topological polar surface area (TPSA) is 46.2 Å². The van der Waals surface area contributed by atoms with Gasteiger partial charge in [0, 0.05) is 10.9 Å². The molecule has 2 unspecified atom stereocenters. The third kappa shape index (κ3) is 3.79. The Morgan fingerprint density at radius 2 is 1.85 bits per heavy atom. The Kier molecular flexibility index (Phi) is 5.69. The lowest BCUT2D eigenvalue weighted by Crippen LogP contribution is -2.49. The van der Waals surface area contributed by atoms with E-state index in [2.05, 4.69) is 13.8 Å². The summed E-state index contributed by atoms with van der Waals surface area (Å²) >= 11 is 12.0. The molecule has 3 rings (SSSR count). The monoisotopic (exact) mass is 407 g/mol. The molecule has 0 saturated heterocycles. The first kappa shape index (κ1) is 20.3. The van der Waals surface area contributed by atoms with Gasteiger partial charge in [0.2, 0.25) is 0 Å². The van der Waals surface area contributed by atoms with Crippen molar-refractivity contribution in [3.63, 3.8) is 0 Å². The fourth-order valence-corrected chi connectivity index (χ4v) is 4.36. The minimum Gasteiger partial charge on any atom is -0.380 e. The van der Waals surface area contributed by atoms with E-state index >= 15 is 0 Å². The number of hydrogen-bond acceptors (Lipinski definition) is 2. The van der Waals surface area contributed by atoms with Crippen LogP contribution in [0.15, 0.2) is 48.0 Å². The summed E-state index contributed by atoms with van der Waals surface area (Å²) in [7, 11) is 0. The van der Waals surface area contributed by atoms with Gasteiger partial charge in [-0.2, -0.15) is 0 Å². The van der Waals surface area contributed by atoms with Crippen LogP contribution in [-0.2, 0) is 5.60 Å². The average molecular weight is 408 g/mol. The molecule has 3 N–H and O–H groups in total. The lowest BCUT2D eigenvalue weighted by atomic mass is 9.58. The largest absolute Gasteiger partial charge is 0.380 e. The second-order valence-electron chi connectivity index (χ2n) is 7.86. The fourth-order valence-electron chi connectivity index (χ4n) is 4.06. The Hall–Kier alpha value is -1.39. The molecule has 2 aromatic rings. The van der Waals surface area contributed by atoms with Gasteiger partial charge in [-0.05, 0) is 65.8 Å². The van der Waals surface area contributed by atoms with E-state index in [1.807, 2.05) is 30.3 Å². The molecule has 5 heteroatoms. The Morgan fingerprint density at radius 3 is 2.44 bits per heavy atom. The smallest absolute Gasteiger partial charge is 0.141 e. The van der Waals surface area contributed by atoms with Gasteiger partial charge in [0.25, 0.3) is 0 Å². The van der Waals surface area contributed by atoms with E-state index in [1.54, 1.807) is 6.07 Å². The van der Waals surface area contributed by atoms with Crippen LogP contribution in [0.3, 0.4) is 0 Å². The summed E-state index contributed by atoms with van der Waals surface area (Å²) in [6.07, 6.45) is 3.66. The molecule has 2 atom stereocenters. The summed E-state index contributed by atoms with van der Waals surface area (Å²) in [5.41, 5.74) is 6.80. The highest BCUT2D eigenvalue weighted by molar-refractivity contribution is 6.31. The minimum atomic E-state index is -1.33. The predicted octanol–water partition coefficient (Wildman–Crippen LogP) is 5.80. The summed E-state index contributed by atoms with van der Waals surface area (Å²) in [5.74, 6) is -0.697. The third-order valence-electron chi connectivity index (χ3n) is 5.67. The first-order chi connectivity index (χ1) is 12.7. The van der Waals surface area contributed by atoms with Crippen molar-refractivity contribution in [3.05, 3.63) is 75.0 Å². The van der Waals surface area contributed by atoms with Gasteiger partial charge >= 0.3 is 0 Å². The number of nitrogens with two attached hydrogens (primary N) is 1. The Morgan fingerprint density at radius 1 is 1.19 bits per heavy atom. The van der Waals surface area contributed by atoms with Crippen molar-refractivity contribution >= 4 is 29.3 Å². The maximum absolute atomic E-state index is 13.7. The van der Waals surface area contributed by atoms with Gasteiger partial charge in [-0.15, -0.1) is 0 Å². The second kappa shape index (κ2) is 7.56. The number of benzene rings is 2. The minimum absolute atomic E-state index is 0.00841. The molecule has 1 saturated carbocycles. The molecule has 1 aliphatic carbocycles. The highest BCUT2D eigenvalue weighted by atomic mass is 35.5. The number of halogens is 3. The van der Waals surface area contributed by atoms with Gasteiger partial charge in [-0.1, -0.05) is 61.3 Å². The molecule has 144 valence electrons. The van der Waals surface area contributed by atoms with Crippen molar-refractivity contribution in [2.75, 3.05) is 6.54 Å². The molecule has 0 spiro atoms. The van der Waals surface area contributed by atoms with Crippen molar-refractivity contribution in [1.29, 1.82) is 0 Å². The Bertz CT molecular complexity index is 863. The predicted molar refractivity (Wildman–Crippen MR) is 110 cm³/mol. The summed E-state index contributed by atoms with van der Waals surface area (Å²) in [6, 6.07) is 11.9. The Labute approximate surface area is 169 Å². The average Bonchev–Trinajstić information content (AvgIpc) is 2.62. The van der Waals surface area contributed by atoms with E-state index in [0.717, 1.165) is 24.0 Å². The van der Waals surface area contributed by atoms with Crippen molar-refractivity contribution in [1.82, 2.24) is 0 Å². The fraction of sp³-hybridized carbons (Fsp3) is 0.364. The van der Waals surface area contributed by atoms with E-state index in [1.165, 1.54) is 12.1 Å². The zero-order valence-corrected chi connectivity index (χ0v) is 17.0. The molecule has 2 nitrogen and oxygen atoms in total. The van der Waals surface area contributed by atoms with Crippen molar-refractivity contribution < 1.29 is 9.50 Å². The molecule has 0 aliphatic heterocycles. The molecular formula is C22H24Cl2FNO. The highest BCUT2D eigenvalue weighted by Crippen LogP contribution is 2.54. The van der Waals surface area contributed by atoms with Crippen LogP contribution >= 0.6 is 23.2 Å². The van der Waals surface area contributed by atoms with Gasteiger partial charge in [0.1, 0.15) is 11.4 Å². The molecule has 0 radical (unpaired) electrons. The lowest BCUT2D eigenvalue weighted by Gasteiger charge is -2.50. The van der Waals surface area contributed by atoms with Gasteiger partial charge < -0.3 is 10.8 Å². The standard InChI is InChI=1S/C22H24Cl2FNO/c1-21(2)10-9-16(13-26)22(27,15-5-8-19(25)18(24)12-15)20(21)11-14-3-6-17(23)7-4-14/h3-8,11-12,16,27H,9-10,13,26H2,1-2H3. The normalized spacial score (nSPS) is 26.3. The summed E-state index contributed by atoms with van der Waals surface area (Å²) < 4.78 is 13.7. The van der Waals surface area contributed by atoms with Gasteiger partial charge in [0.05, 0.1) is 5.02 Å². The van der Waals surface area contributed by atoms with Crippen LogP contribution in [0.5, 0.6) is 0 Å². The summed E-state index contributed by atoms with van der Waals surface area (Å²) in [6.45, 7) is 4.54. The van der Waals surface area contributed by atoms with Crippen LogP contribution in [0.2, 0.25) is 10.0 Å². The quantitative estimate of drug-likeness (QED) is 0.675. The third-order valence-corrected chi connectivity index (χ3v) is 6.22. The van der Waals surface area contributed by atoms with Crippen molar-refractivity contribution in [2.24, 2.45) is 17.1 Å². The van der Waals surface area contributed by atoms with Crippen LogP contribution in [0.1, 0.15) is 37.8 Å². The summed E-state index contributed by atoms with van der Waals surface area (Å²) in [4.78, 5) is 0.